The van der Waals surface area contributed by atoms with Crippen LogP contribution in [0.1, 0.15) is 0 Å². The quantitative estimate of drug-likeness (QED) is 0.274. The van der Waals surface area contributed by atoms with Crippen molar-refractivity contribution in [2.75, 3.05) is 9.80 Å². The number of rotatable bonds is 2. The Balaban J connectivity index is 1.11. The molecule has 6 nitrogen and oxygen atoms in total. The van der Waals surface area contributed by atoms with Gasteiger partial charge in [-0.25, -0.2) is 9.80 Å². The van der Waals surface area contributed by atoms with E-state index in [0.29, 0.717) is 11.4 Å². The smallest absolute Gasteiger partial charge is 0.238 e. The van der Waals surface area contributed by atoms with Crippen LogP contribution in [0.2, 0.25) is 0 Å². The van der Waals surface area contributed by atoms with E-state index in [2.05, 4.69) is 12.2 Å². The number of anilines is 2. The molecule has 6 heteroatoms. The molecule has 2 saturated heterocycles. The van der Waals surface area contributed by atoms with Crippen LogP contribution >= 0.6 is 0 Å². The first kappa shape index (κ1) is 22.3. The van der Waals surface area contributed by atoms with Crippen LogP contribution in [-0.4, -0.2) is 23.6 Å². The summed E-state index contributed by atoms with van der Waals surface area (Å²) in [6.45, 7) is 0. The van der Waals surface area contributed by atoms with Gasteiger partial charge in [-0.15, -0.1) is 0 Å². The Morgan fingerprint density at radius 2 is 0.800 bits per heavy atom. The summed E-state index contributed by atoms with van der Waals surface area (Å²) in [5.41, 5.74) is 1.23. The van der Waals surface area contributed by atoms with E-state index in [1.54, 1.807) is 0 Å². The molecule has 6 aliphatic rings. The van der Waals surface area contributed by atoms with Gasteiger partial charge in [0.2, 0.25) is 23.6 Å². The summed E-state index contributed by atoms with van der Waals surface area (Å²) < 4.78 is 0. The topological polar surface area (TPSA) is 74.8 Å². The third-order valence-corrected chi connectivity index (χ3v) is 10.4. The first-order valence-corrected chi connectivity index (χ1v) is 14.0. The largest absolute Gasteiger partial charge is 0.274 e. The molecule has 10 rings (SSSR count). The summed E-state index contributed by atoms with van der Waals surface area (Å²) in [7, 11) is 0. The minimum absolute atomic E-state index is 0.109. The molecule has 8 atom stereocenters. The van der Waals surface area contributed by atoms with Crippen molar-refractivity contribution in [1.29, 1.82) is 0 Å². The molecule has 2 heterocycles. The molecule has 0 radical (unpaired) electrons. The van der Waals surface area contributed by atoms with Crippen molar-refractivity contribution in [3.63, 3.8) is 0 Å². The maximum atomic E-state index is 14.0. The Morgan fingerprint density at radius 3 is 1.25 bits per heavy atom. The maximum absolute atomic E-state index is 14.0. The van der Waals surface area contributed by atoms with Crippen molar-refractivity contribution in [3.8, 4) is 0 Å². The summed E-state index contributed by atoms with van der Waals surface area (Å²) in [5.74, 6) is -3.32. The first-order valence-electron chi connectivity index (χ1n) is 14.0. The fourth-order valence-electron chi connectivity index (χ4n) is 8.88. The average Bonchev–Trinajstić information content (AvgIpc) is 3.36. The van der Waals surface area contributed by atoms with Gasteiger partial charge in [-0.05, 0) is 46.6 Å². The van der Waals surface area contributed by atoms with Crippen LogP contribution < -0.4 is 9.80 Å². The van der Waals surface area contributed by atoms with Gasteiger partial charge < -0.3 is 0 Å². The second kappa shape index (κ2) is 7.54. The molecule has 4 amide bonds. The molecule has 2 saturated carbocycles. The molecular formula is C34H24N2O4. The number of carbonyl (C=O) groups is 4. The van der Waals surface area contributed by atoms with Crippen LogP contribution in [0.3, 0.4) is 0 Å². The number of fused-ring (bicyclic) bond motifs is 3. The van der Waals surface area contributed by atoms with Gasteiger partial charge in [0, 0.05) is 10.8 Å². The number of imide groups is 2. The predicted molar refractivity (Wildman–Crippen MR) is 150 cm³/mol. The summed E-state index contributed by atoms with van der Waals surface area (Å²) in [4.78, 5) is 58.7. The lowest BCUT2D eigenvalue weighted by molar-refractivity contribution is -0.166. The standard InChI is InChI=1S/C34H24N2O4/c37-31-27-21-15-16-22(28(27)32(38)35(31)23-13-5-9-17-7-1-3-11-19(17)23)26-25(21)29-30(26)34(40)36(33(29)39)24-14-6-10-18-8-2-4-12-20(18)24/h1-16,21-22,25-30H/t21-,22-,25-,26-,27-,28+,29-,30-/m1/s1. The van der Waals surface area contributed by atoms with Crippen LogP contribution in [0.25, 0.3) is 21.5 Å². The van der Waals surface area contributed by atoms with E-state index in [1.807, 2.05) is 84.9 Å². The molecule has 2 bridgehead atoms. The van der Waals surface area contributed by atoms with E-state index in [1.165, 1.54) is 9.80 Å². The van der Waals surface area contributed by atoms with E-state index >= 15 is 0 Å². The minimum Gasteiger partial charge on any atom is -0.274 e. The van der Waals surface area contributed by atoms with Crippen molar-refractivity contribution < 1.29 is 19.2 Å². The first-order chi connectivity index (χ1) is 19.6. The van der Waals surface area contributed by atoms with Crippen LogP contribution in [0.4, 0.5) is 11.4 Å². The van der Waals surface area contributed by atoms with Crippen molar-refractivity contribution in [2.24, 2.45) is 47.3 Å². The number of hydrogen-bond acceptors (Lipinski definition) is 4. The van der Waals surface area contributed by atoms with Crippen LogP contribution in [-0.2, 0) is 19.2 Å². The molecular weight excluding hydrogens is 500 g/mol. The van der Waals surface area contributed by atoms with Crippen molar-refractivity contribution in [3.05, 3.63) is 97.1 Å². The van der Waals surface area contributed by atoms with Crippen LogP contribution in [0.5, 0.6) is 0 Å². The Hall–Kier alpha value is -4.58. The molecule has 4 aromatic carbocycles. The van der Waals surface area contributed by atoms with E-state index < -0.39 is 23.7 Å². The molecule has 0 aromatic heterocycles. The highest BCUT2D eigenvalue weighted by molar-refractivity contribution is 6.27. The number of amides is 4. The van der Waals surface area contributed by atoms with Gasteiger partial charge in [-0.1, -0.05) is 84.9 Å². The SMILES string of the molecule is O=C1[C@@H]2[C@@H]3C=C[C@@H]([C@@H]2C(=O)N1c1cccc2ccccc12)[C@H]1[C@H]2C(=O)N(c4cccc5ccccc45)C(=O)[C@@H]2[C@H]31. The highest BCUT2D eigenvalue weighted by Gasteiger charge is 2.75. The van der Waals surface area contributed by atoms with Crippen LogP contribution in [0.15, 0.2) is 97.1 Å². The highest BCUT2D eigenvalue weighted by Crippen LogP contribution is 2.68. The number of benzene rings is 4. The third-order valence-electron chi connectivity index (χ3n) is 10.4. The molecule has 4 fully saturated rings. The molecule has 0 N–H and O–H groups in total. The average molecular weight is 525 g/mol. The second-order valence-electron chi connectivity index (χ2n) is 11.8. The normalized spacial score (nSPS) is 33.5. The van der Waals surface area contributed by atoms with Crippen molar-refractivity contribution in [2.45, 2.75) is 0 Å². The van der Waals surface area contributed by atoms with Gasteiger partial charge in [0.15, 0.2) is 0 Å². The van der Waals surface area contributed by atoms with Crippen LogP contribution in [0, 0.1) is 47.3 Å². The maximum Gasteiger partial charge on any atom is 0.238 e. The van der Waals surface area contributed by atoms with E-state index in [4.69, 9.17) is 0 Å². The number of nitrogens with zero attached hydrogens (tertiary/aromatic N) is 2. The van der Waals surface area contributed by atoms with Gasteiger partial charge in [0.25, 0.3) is 0 Å². The highest BCUT2D eigenvalue weighted by atomic mass is 16.2. The lowest BCUT2D eigenvalue weighted by Gasteiger charge is -2.60. The number of hydrogen-bond donors (Lipinski definition) is 0. The molecule has 40 heavy (non-hydrogen) atoms. The number of carbonyl (C=O) groups excluding carboxylic acids is 4. The van der Waals surface area contributed by atoms with E-state index in [-0.39, 0.29) is 47.3 Å². The van der Waals surface area contributed by atoms with Gasteiger partial charge >= 0.3 is 0 Å². The molecule has 2 aliphatic heterocycles. The molecule has 0 spiro atoms. The van der Waals surface area contributed by atoms with Gasteiger partial charge in [0.1, 0.15) is 0 Å². The fraction of sp³-hybridized carbons (Fsp3) is 0.235. The Morgan fingerprint density at radius 1 is 0.425 bits per heavy atom. The van der Waals surface area contributed by atoms with E-state index in [9.17, 15) is 19.2 Å². The molecule has 0 unspecified atom stereocenters. The minimum atomic E-state index is -0.502. The summed E-state index contributed by atoms with van der Waals surface area (Å²) in [6.07, 6.45) is 4.11. The summed E-state index contributed by atoms with van der Waals surface area (Å²) in [6, 6.07) is 26.9. The molecule has 4 aromatic rings. The zero-order valence-corrected chi connectivity index (χ0v) is 21.4. The lowest BCUT2D eigenvalue weighted by Crippen LogP contribution is -2.63. The number of allylic oxidation sites excluding steroid dienone is 2. The van der Waals surface area contributed by atoms with Crippen molar-refractivity contribution in [1.82, 2.24) is 0 Å². The zero-order chi connectivity index (χ0) is 26.9. The summed E-state index contributed by atoms with van der Waals surface area (Å²) >= 11 is 0. The Kier molecular flexibility index (Phi) is 4.19. The monoisotopic (exact) mass is 524 g/mol. The Bertz CT molecular complexity index is 1810. The van der Waals surface area contributed by atoms with Crippen molar-refractivity contribution >= 4 is 56.5 Å². The zero-order valence-electron chi connectivity index (χ0n) is 21.4. The van der Waals surface area contributed by atoms with Gasteiger partial charge in [-0.2, -0.15) is 0 Å². The lowest BCUT2D eigenvalue weighted by atomic mass is 9.40. The molecule has 4 aliphatic carbocycles. The third kappa shape index (κ3) is 2.50. The molecule has 194 valence electrons. The fourth-order valence-corrected chi connectivity index (χ4v) is 8.88. The second-order valence-corrected chi connectivity index (χ2v) is 11.8. The summed E-state index contributed by atoms with van der Waals surface area (Å²) in [5, 5.41) is 3.67. The predicted octanol–water partition coefficient (Wildman–Crippen LogP) is 4.97. The van der Waals surface area contributed by atoms with Gasteiger partial charge in [0.05, 0.1) is 35.0 Å². The van der Waals surface area contributed by atoms with Gasteiger partial charge in [-0.3, -0.25) is 19.2 Å². The Labute approximate surface area is 229 Å². The van der Waals surface area contributed by atoms with E-state index in [0.717, 1.165) is 21.5 Å².